The molecule has 2 rings (SSSR count). The van der Waals surface area contributed by atoms with Gasteiger partial charge in [-0.3, -0.25) is 0 Å². The van der Waals surface area contributed by atoms with E-state index in [1.165, 1.54) is 0 Å². The molecule has 0 spiro atoms. The number of hydrogen-bond acceptors (Lipinski definition) is 4. The Morgan fingerprint density at radius 3 is 2.71 bits per heavy atom. The Labute approximate surface area is 125 Å². The normalized spacial score (nSPS) is 19.9. The quantitative estimate of drug-likeness (QED) is 0.864. The van der Waals surface area contributed by atoms with Crippen LogP contribution in [0.2, 0.25) is 5.02 Å². The van der Waals surface area contributed by atoms with Crippen molar-refractivity contribution in [2.24, 2.45) is 0 Å². The highest BCUT2D eigenvalue weighted by Gasteiger charge is 2.35. The highest BCUT2D eigenvalue weighted by Crippen LogP contribution is 2.30. The monoisotopic (exact) mass is 337 g/mol. The van der Waals surface area contributed by atoms with Crippen molar-refractivity contribution >= 4 is 27.6 Å². The average Bonchev–Trinajstić information content (AvgIpc) is 2.90. The maximum Gasteiger partial charge on any atom is 0.337 e. The number of aliphatic hydroxyl groups excluding tert-OH is 1. The summed E-state index contributed by atoms with van der Waals surface area (Å²) in [5.74, 6) is -2.63. The van der Waals surface area contributed by atoms with E-state index in [0.717, 1.165) is 10.4 Å². The van der Waals surface area contributed by atoms with Crippen LogP contribution in [-0.2, 0) is 10.0 Å². The van der Waals surface area contributed by atoms with Crippen LogP contribution < -0.4 is 0 Å². The molecule has 0 aromatic heterocycles. The van der Waals surface area contributed by atoms with Crippen molar-refractivity contribution in [3.63, 3.8) is 0 Å². The Kier molecular flexibility index (Phi) is 4.52. The van der Waals surface area contributed by atoms with Gasteiger partial charge in [0.25, 0.3) is 0 Å². The number of sulfonamides is 1. The second-order valence-electron chi connectivity index (χ2n) is 4.67. The van der Waals surface area contributed by atoms with Crippen LogP contribution in [0.5, 0.6) is 0 Å². The molecule has 1 aromatic carbocycles. The van der Waals surface area contributed by atoms with Gasteiger partial charge in [0.1, 0.15) is 5.82 Å². The molecule has 1 atom stereocenters. The Morgan fingerprint density at radius 1 is 1.48 bits per heavy atom. The number of carboxylic acid groups (broad SMARTS) is 1. The molecule has 0 amide bonds. The maximum atomic E-state index is 13.7. The molecular weight excluding hydrogens is 325 g/mol. The third kappa shape index (κ3) is 2.89. The van der Waals surface area contributed by atoms with Crippen LogP contribution in [0.25, 0.3) is 0 Å². The molecular formula is C12H13ClFNO5S. The van der Waals surface area contributed by atoms with Crippen molar-refractivity contribution in [3.05, 3.63) is 28.5 Å². The van der Waals surface area contributed by atoms with Gasteiger partial charge in [-0.2, -0.15) is 4.31 Å². The SMILES string of the molecule is O=C(O)c1cc(S(=O)(=O)N2CCCC2CO)cc(F)c1Cl. The summed E-state index contributed by atoms with van der Waals surface area (Å²) in [6.45, 7) is -0.151. The van der Waals surface area contributed by atoms with Gasteiger partial charge in [0.2, 0.25) is 10.0 Å². The number of carbonyl (C=O) groups is 1. The molecule has 21 heavy (non-hydrogen) atoms. The molecule has 6 nitrogen and oxygen atoms in total. The first-order valence-corrected chi connectivity index (χ1v) is 7.96. The first-order chi connectivity index (χ1) is 9.78. The van der Waals surface area contributed by atoms with Gasteiger partial charge in [0.05, 0.1) is 22.1 Å². The zero-order valence-electron chi connectivity index (χ0n) is 10.8. The standard InChI is InChI=1S/C12H13ClFNO5S/c13-11-9(12(17)18)4-8(5-10(11)14)21(19,20)15-3-1-2-7(15)6-16/h4-5,7,16H,1-3,6H2,(H,17,18). The van der Waals surface area contributed by atoms with Crippen LogP contribution in [-0.4, -0.2) is 48.1 Å². The van der Waals surface area contributed by atoms with E-state index in [0.29, 0.717) is 18.9 Å². The van der Waals surface area contributed by atoms with Crippen molar-refractivity contribution in [1.29, 1.82) is 0 Å². The van der Waals surface area contributed by atoms with Gasteiger partial charge in [0.15, 0.2) is 0 Å². The first kappa shape index (κ1) is 16.2. The van der Waals surface area contributed by atoms with E-state index in [2.05, 4.69) is 0 Å². The molecule has 0 saturated carbocycles. The lowest BCUT2D eigenvalue weighted by Crippen LogP contribution is -2.37. The minimum absolute atomic E-state index is 0.195. The van der Waals surface area contributed by atoms with Crippen LogP contribution in [0.4, 0.5) is 4.39 Å². The maximum absolute atomic E-state index is 13.7. The molecule has 0 bridgehead atoms. The minimum Gasteiger partial charge on any atom is -0.478 e. The summed E-state index contributed by atoms with van der Waals surface area (Å²) in [5.41, 5.74) is -0.616. The fourth-order valence-electron chi connectivity index (χ4n) is 2.31. The van der Waals surface area contributed by atoms with Crippen LogP contribution >= 0.6 is 11.6 Å². The van der Waals surface area contributed by atoms with Gasteiger partial charge >= 0.3 is 5.97 Å². The van der Waals surface area contributed by atoms with E-state index in [1.807, 2.05) is 0 Å². The van der Waals surface area contributed by atoms with Crippen molar-refractivity contribution in [2.75, 3.05) is 13.2 Å². The summed E-state index contributed by atoms with van der Waals surface area (Å²) in [6.07, 6.45) is 1.07. The van der Waals surface area contributed by atoms with Gasteiger partial charge in [-0.25, -0.2) is 17.6 Å². The highest BCUT2D eigenvalue weighted by atomic mass is 35.5. The van der Waals surface area contributed by atoms with E-state index in [9.17, 15) is 22.7 Å². The van der Waals surface area contributed by atoms with Crippen LogP contribution in [0.1, 0.15) is 23.2 Å². The molecule has 1 fully saturated rings. The van der Waals surface area contributed by atoms with Gasteiger partial charge < -0.3 is 10.2 Å². The van der Waals surface area contributed by atoms with Crippen molar-refractivity contribution in [2.45, 2.75) is 23.8 Å². The summed E-state index contributed by atoms with van der Waals surface area (Å²) in [6, 6.07) is 0.939. The summed E-state index contributed by atoms with van der Waals surface area (Å²) < 4.78 is 39.6. The van der Waals surface area contributed by atoms with Crippen LogP contribution in [0.3, 0.4) is 0 Å². The first-order valence-electron chi connectivity index (χ1n) is 6.14. The summed E-state index contributed by atoms with van der Waals surface area (Å²) >= 11 is 5.52. The van der Waals surface area contributed by atoms with Crippen LogP contribution in [0.15, 0.2) is 17.0 Å². The molecule has 1 saturated heterocycles. The predicted molar refractivity (Wildman–Crippen MR) is 72.4 cm³/mol. The van der Waals surface area contributed by atoms with E-state index >= 15 is 0 Å². The third-order valence-corrected chi connectivity index (χ3v) is 5.69. The third-order valence-electron chi connectivity index (χ3n) is 3.37. The smallest absolute Gasteiger partial charge is 0.337 e. The molecule has 0 radical (unpaired) electrons. The second kappa shape index (κ2) is 5.88. The largest absolute Gasteiger partial charge is 0.478 e. The van der Waals surface area contributed by atoms with Gasteiger partial charge in [-0.05, 0) is 25.0 Å². The minimum atomic E-state index is -4.08. The Bertz CT molecular complexity index is 678. The number of rotatable bonds is 4. The van der Waals surface area contributed by atoms with Crippen molar-refractivity contribution < 1.29 is 27.8 Å². The molecule has 1 aromatic rings. The van der Waals surface area contributed by atoms with E-state index in [-0.39, 0.29) is 13.2 Å². The second-order valence-corrected chi connectivity index (χ2v) is 6.93. The molecule has 116 valence electrons. The number of aliphatic hydroxyl groups is 1. The fourth-order valence-corrected chi connectivity index (χ4v) is 4.23. The van der Waals surface area contributed by atoms with Gasteiger partial charge in [-0.1, -0.05) is 11.6 Å². The van der Waals surface area contributed by atoms with Crippen molar-refractivity contribution in [1.82, 2.24) is 4.31 Å². The zero-order valence-corrected chi connectivity index (χ0v) is 12.4. The highest BCUT2D eigenvalue weighted by molar-refractivity contribution is 7.89. The topological polar surface area (TPSA) is 94.9 Å². The Hall–Kier alpha value is -1.22. The lowest BCUT2D eigenvalue weighted by atomic mass is 10.2. The predicted octanol–water partition coefficient (Wildman–Crippen LogP) is 1.32. The summed E-state index contributed by atoms with van der Waals surface area (Å²) in [7, 11) is -4.08. The molecule has 0 aliphatic carbocycles. The van der Waals surface area contributed by atoms with E-state index in [1.54, 1.807) is 0 Å². The lowest BCUT2D eigenvalue weighted by Gasteiger charge is -2.22. The average molecular weight is 338 g/mol. The number of hydrogen-bond donors (Lipinski definition) is 2. The summed E-state index contributed by atoms with van der Waals surface area (Å²) in [5, 5.41) is 17.5. The lowest BCUT2D eigenvalue weighted by molar-refractivity contribution is 0.0696. The summed E-state index contributed by atoms with van der Waals surface area (Å²) in [4.78, 5) is 10.5. The number of halogens is 2. The zero-order chi connectivity index (χ0) is 15.8. The molecule has 1 aliphatic heterocycles. The number of benzene rings is 1. The molecule has 1 heterocycles. The van der Waals surface area contributed by atoms with E-state index in [4.69, 9.17) is 16.7 Å². The number of aromatic carboxylic acids is 1. The molecule has 9 heteroatoms. The van der Waals surface area contributed by atoms with Crippen LogP contribution in [0, 0.1) is 5.82 Å². The van der Waals surface area contributed by atoms with Gasteiger partial charge in [-0.15, -0.1) is 0 Å². The number of carboxylic acids is 1. The van der Waals surface area contributed by atoms with Crippen molar-refractivity contribution in [3.8, 4) is 0 Å². The molecule has 2 N–H and O–H groups in total. The van der Waals surface area contributed by atoms with E-state index < -0.39 is 43.3 Å². The van der Waals surface area contributed by atoms with Gasteiger partial charge in [0, 0.05) is 12.6 Å². The molecule has 1 unspecified atom stereocenters. The fraction of sp³-hybridized carbons (Fsp3) is 0.417. The Morgan fingerprint density at radius 2 is 2.14 bits per heavy atom. The molecule has 1 aliphatic rings. The number of nitrogens with zero attached hydrogens (tertiary/aromatic N) is 1. The Balaban J connectivity index is 2.53.